The lowest BCUT2D eigenvalue weighted by molar-refractivity contribution is 0.479. The number of anilines is 1. The summed E-state index contributed by atoms with van der Waals surface area (Å²) < 4.78 is 0. The minimum atomic E-state index is 0.0841. The number of hydrogen-bond acceptors (Lipinski definition) is 6. The number of rotatable bonds is 3. The number of phenols is 2. The SMILES string of the molecule is Cc1cc(/C=N/Nc2ccc3cccc(O)c3n2)c(O)c2ncccc12. The van der Waals surface area contributed by atoms with Gasteiger partial charge < -0.3 is 10.2 Å². The summed E-state index contributed by atoms with van der Waals surface area (Å²) >= 11 is 0. The largest absolute Gasteiger partial charge is 0.506 e. The minimum absolute atomic E-state index is 0.0841. The van der Waals surface area contributed by atoms with Gasteiger partial charge in [0.25, 0.3) is 0 Å². The van der Waals surface area contributed by atoms with Crippen molar-refractivity contribution in [2.24, 2.45) is 5.10 Å². The van der Waals surface area contributed by atoms with Gasteiger partial charge in [-0.25, -0.2) is 4.98 Å². The van der Waals surface area contributed by atoms with Gasteiger partial charge in [-0.05, 0) is 42.8 Å². The van der Waals surface area contributed by atoms with Gasteiger partial charge in [0.05, 0.1) is 6.21 Å². The lowest BCUT2D eigenvalue weighted by Gasteiger charge is -2.07. The second-order valence-electron chi connectivity index (χ2n) is 5.95. The van der Waals surface area contributed by atoms with Crippen LogP contribution in [0.1, 0.15) is 11.1 Å². The molecule has 0 aliphatic heterocycles. The third-order valence-electron chi connectivity index (χ3n) is 4.18. The van der Waals surface area contributed by atoms with Crippen LogP contribution in [0, 0.1) is 6.92 Å². The van der Waals surface area contributed by atoms with E-state index >= 15 is 0 Å². The topological polar surface area (TPSA) is 90.6 Å². The van der Waals surface area contributed by atoms with Crippen LogP contribution in [0.2, 0.25) is 0 Å². The molecule has 4 rings (SSSR count). The average molecular weight is 344 g/mol. The van der Waals surface area contributed by atoms with Crippen molar-refractivity contribution in [1.82, 2.24) is 9.97 Å². The second kappa shape index (κ2) is 6.33. The molecule has 2 aromatic carbocycles. The second-order valence-corrected chi connectivity index (χ2v) is 5.95. The molecule has 0 bridgehead atoms. The Morgan fingerprint density at radius 1 is 1.04 bits per heavy atom. The predicted octanol–water partition coefficient (Wildman–Crippen LogP) is 3.95. The molecule has 0 amide bonds. The first-order valence-corrected chi connectivity index (χ1v) is 8.08. The Hall–Kier alpha value is -3.67. The molecule has 6 heteroatoms. The molecule has 2 aromatic heterocycles. The number of nitrogens with one attached hydrogen (secondary N) is 1. The molecule has 128 valence electrons. The molecule has 6 nitrogen and oxygen atoms in total. The van der Waals surface area contributed by atoms with E-state index in [1.807, 2.05) is 37.3 Å². The number of hydrogen-bond donors (Lipinski definition) is 3. The number of pyridine rings is 2. The summed E-state index contributed by atoms with van der Waals surface area (Å²) in [5.74, 6) is 0.690. The maximum atomic E-state index is 10.4. The summed E-state index contributed by atoms with van der Waals surface area (Å²) in [6, 6.07) is 14.5. The van der Waals surface area contributed by atoms with E-state index in [1.54, 1.807) is 24.4 Å². The van der Waals surface area contributed by atoms with Crippen molar-refractivity contribution >= 4 is 33.8 Å². The molecule has 26 heavy (non-hydrogen) atoms. The molecule has 0 spiro atoms. The van der Waals surface area contributed by atoms with Crippen molar-refractivity contribution in [2.75, 3.05) is 5.43 Å². The highest BCUT2D eigenvalue weighted by Gasteiger charge is 2.08. The first kappa shape index (κ1) is 15.8. The van der Waals surface area contributed by atoms with Gasteiger partial charge in [0, 0.05) is 22.5 Å². The standard InChI is InChI=1S/C20H16N4O2/c1-12-10-14(20(26)19-15(12)5-3-9-21-19)11-22-24-17-8-7-13-4-2-6-16(25)18(13)23-17/h2-11,25-26H,1H3,(H,23,24)/b22-11+. The number of hydrazone groups is 1. The molecular weight excluding hydrogens is 328 g/mol. The fourth-order valence-corrected chi connectivity index (χ4v) is 2.89. The van der Waals surface area contributed by atoms with Crippen molar-refractivity contribution in [3.63, 3.8) is 0 Å². The fourth-order valence-electron chi connectivity index (χ4n) is 2.89. The molecular formula is C20H16N4O2. The molecule has 0 aliphatic rings. The van der Waals surface area contributed by atoms with Crippen LogP contribution in [0.25, 0.3) is 21.8 Å². The van der Waals surface area contributed by atoms with Gasteiger partial charge in [-0.3, -0.25) is 10.4 Å². The molecule has 0 radical (unpaired) electrons. The van der Waals surface area contributed by atoms with Crippen molar-refractivity contribution < 1.29 is 10.2 Å². The monoisotopic (exact) mass is 344 g/mol. The van der Waals surface area contributed by atoms with Gasteiger partial charge in [-0.2, -0.15) is 5.10 Å². The van der Waals surface area contributed by atoms with Crippen LogP contribution < -0.4 is 5.43 Å². The number of benzene rings is 2. The predicted molar refractivity (Wildman–Crippen MR) is 103 cm³/mol. The zero-order valence-corrected chi connectivity index (χ0v) is 14.0. The van der Waals surface area contributed by atoms with Gasteiger partial charge in [0.2, 0.25) is 0 Å². The van der Waals surface area contributed by atoms with E-state index in [0.29, 0.717) is 22.4 Å². The number of fused-ring (bicyclic) bond motifs is 2. The Bertz CT molecular complexity index is 1160. The van der Waals surface area contributed by atoms with Gasteiger partial charge in [0.15, 0.2) is 5.75 Å². The lowest BCUT2D eigenvalue weighted by Crippen LogP contribution is -1.95. The Kier molecular flexibility index (Phi) is 3.85. The minimum Gasteiger partial charge on any atom is -0.506 e. The van der Waals surface area contributed by atoms with Gasteiger partial charge in [0.1, 0.15) is 22.6 Å². The molecule has 0 unspecified atom stereocenters. The first-order valence-electron chi connectivity index (χ1n) is 8.08. The molecule has 0 atom stereocenters. The smallest absolute Gasteiger partial charge is 0.150 e. The lowest BCUT2D eigenvalue weighted by atomic mass is 10.0. The summed E-state index contributed by atoms with van der Waals surface area (Å²) in [7, 11) is 0. The van der Waals surface area contributed by atoms with Crippen molar-refractivity contribution in [3.8, 4) is 11.5 Å². The molecule has 0 saturated carbocycles. The molecule has 0 saturated heterocycles. The normalized spacial score (nSPS) is 11.4. The van der Waals surface area contributed by atoms with Crippen molar-refractivity contribution in [2.45, 2.75) is 6.92 Å². The van der Waals surface area contributed by atoms with Crippen molar-refractivity contribution in [3.05, 3.63) is 65.9 Å². The van der Waals surface area contributed by atoms with E-state index in [2.05, 4.69) is 20.5 Å². The van der Waals surface area contributed by atoms with Gasteiger partial charge in [-0.15, -0.1) is 0 Å². The summed E-state index contributed by atoms with van der Waals surface area (Å²) in [5.41, 5.74) is 5.43. The maximum Gasteiger partial charge on any atom is 0.150 e. The van der Waals surface area contributed by atoms with Crippen LogP contribution >= 0.6 is 0 Å². The highest BCUT2D eigenvalue weighted by Crippen LogP contribution is 2.29. The Morgan fingerprint density at radius 3 is 2.81 bits per heavy atom. The highest BCUT2D eigenvalue weighted by molar-refractivity contribution is 5.97. The average Bonchev–Trinajstić information content (AvgIpc) is 2.66. The van der Waals surface area contributed by atoms with Crippen LogP contribution in [-0.4, -0.2) is 26.4 Å². The fraction of sp³-hybridized carbons (Fsp3) is 0.0500. The van der Waals surface area contributed by atoms with Crippen LogP contribution in [0.15, 0.2) is 59.8 Å². The molecule has 3 N–H and O–H groups in total. The molecule has 4 aromatic rings. The molecule has 2 heterocycles. The van der Waals surface area contributed by atoms with E-state index in [-0.39, 0.29) is 11.5 Å². The summed E-state index contributed by atoms with van der Waals surface area (Å²) in [4.78, 5) is 8.59. The number of nitrogens with zero attached hydrogens (tertiary/aromatic N) is 3. The van der Waals surface area contributed by atoms with Crippen LogP contribution in [0.5, 0.6) is 11.5 Å². The highest BCUT2D eigenvalue weighted by atomic mass is 16.3. The quantitative estimate of drug-likeness (QED) is 0.387. The number of phenolic OH excluding ortho intramolecular Hbond substituents is 2. The van der Waals surface area contributed by atoms with Gasteiger partial charge >= 0.3 is 0 Å². The zero-order chi connectivity index (χ0) is 18.1. The molecule has 0 aliphatic carbocycles. The molecule has 0 fully saturated rings. The van der Waals surface area contributed by atoms with E-state index in [0.717, 1.165) is 16.3 Å². The zero-order valence-electron chi connectivity index (χ0n) is 14.0. The van der Waals surface area contributed by atoms with Crippen LogP contribution in [0.4, 0.5) is 5.82 Å². The van der Waals surface area contributed by atoms with E-state index < -0.39 is 0 Å². The summed E-state index contributed by atoms with van der Waals surface area (Å²) in [5, 5.41) is 26.2. The maximum absolute atomic E-state index is 10.4. The van der Waals surface area contributed by atoms with Crippen molar-refractivity contribution in [1.29, 1.82) is 0 Å². The summed E-state index contributed by atoms with van der Waals surface area (Å²) in [6.45, 7) is 1.96. The Labute approximate surface area is 149 Å². The van der Waals surface area contributed by atoms with Gasteiger partial charge in [-0.1, -0.05) is 18.2 Å². The Balaban J connectivity index is 1.64. The number of aromatic hydroxyl groups is 2. The third-order valence-corrected chi connectivity index (χ3v) is 4.18. The summed E-state index contributed by atoms with van der Waals surface area (Å²) in [6.07, 6.45) is 3.17. The van der Waals surface area contributed by atoms with E-state index in [1.165, 1.54) is 6.21 Å². The number of aromatic nitrogens is 2. The van der Waals surface area contributed by atoms with Crippen LogP contribution in [-0.2, 0) is 0 Å². The van der Waals surface area contributed by atoms with E-state index in [4.69, 9.17) is 0 Å². The third kappa shape index (κ3) is 2.77. The first-order chi connectivity index (χ1) is 12.6. The van der Waals surface area contributed by atoms with Crippen LogP contribution in [0.3, 0.4) is 0 Å². The Morgan fingerprint density at radius 2 is 1.92 bits per heavy atom. The number of para-hydroxylation sites is 1. The number of aryl methyl sites for hydroxylation is 1. The van der Waals surface area contributed by atoms with E-state index in [9.17, 15) is 10.2 Å².